The van der Waals surface area contributed by atoms with Crippen molar-refractivity contribution in [3.8, 4) is 6.07 Å². The molecule has 0 amide bonds. The van der Waals surface area contributed by atoms with E-state index in [0.717, 1.165) is 22.0 Å². The van der Waals surface area contributed by atoms with Crippen LogP contribution in [0.4, 0.5) is 0 Å². The first-order valence-corrected chi connectivity index (χ1v) is 7.11. The lowest BCUT2D eigenvalue weighted by Gasteiger charge is -1.99. The molecule has 1 aromatic carbocycles. The van der Waals surface area contributed by atoms with Crippen molar-refractivity contribution >= 4 is 33.7 Å². The molecule has 0 aliphatic heterocycles. The number of rotatable bonds is 2. The van der Waals surface area contributed by atoms with Gasteiger partial charge in [-0.05, 0) is 35.9 Å². The summed E-state index contributed by atoms with van der Waals surface area (Å²) in [5.74, 6) is 0.509. The molecule has 0 unspecified atom stereocenters. The molecular formula is C18H11N5. The van der Waals surface area contributed by atoms with Gasteiger partial charge in [-0.25, -0.2) is 9.97 Å². The summed E-state index contributed by atoms with van der Waals surface area (Å²) in [5, 5.41) is 10.5. The fourth-order valence-electron chi connectivity index (χ4n) is 2.46. The lowest BCUT2D eigenvalue weighted by atomic mass is 10.1. The summed E-state index contributed by atoms with van der Waals surface area (Å²) in [6, 6.07) is 15.8. The third-order valence-electron chi connectivity index (χ3n) is 3.56. The van der Waals surface area contributed by atoms with Crippen LogP contribution in [-0.2, 0) is 0 Å². The van der Waals surface area contributed by atoms with Crippen LogP contribution < -0.4 is 0 Å². The van der Waals surface area contributed by atoms with E-state index in [0.29, 0.717) is 17.0 Å². The number of benzene rings is 1. The van der Waals surface area contributed by atoms with Gasteiger partial charge < -0.3 is 4.98 Å². The average Bonchev–Trinajstić information content (AvgIpc) is 3.03. The van der Waals surface area contributed by atoms with Gasteiger partial charge in [0.15, 0.2) is 11.5 Å². The first-order chi connectivity index (χ1) is 11.3. The molecular weight excluding hydrogens is 286 g/mol. The minimum absolute atomic E-state index is 0.445. The van der Waals surface area contributed by atoms with Crippen molar-refractivity contribution in [1.82, 2.24) is 19.9 Å². The molecule has 3 heterocycles. The lowest BCUT2D eigenvalue weighted by molar-refractivity contribution is 1.25. The molecule has 0 radical (unpaired) electrons. The van der Waals surface area contributed by atoms with Crippen molar-refractivity contribution in [1.29, 1.82) is 5.26 Å². The van der Waals surface area contributed by atoms with E-state index >= 15 is 0 Å². The number of aromatic amines is 1. The monoisotopic (exact) mass is 297 g/mol. The van der Waals surface area contributed by atoms with Gasteiger partial charge in [0.1, 0.15) is 6.07 Å². The molecule has 0 aliphatic carbocycles. The Hall–Kier alpha value is -3.52. The third-order valence-corrected chi connectivity index (χ3v) is 3.56. The maximum absolute atomic E-state index is 9.46. The lowest BCUT2D eigenvalue weighted by Crippen LogP contribution is -1.86. The molecule has 4 aromatic rings. The second kappa shape index (κ2) is 5.35. The zero-order valence-electron chi connectivity index (χ0n) is 12.1. The van der Waals surface area contributed by atoms with Gasteiger partial charge >= 0.3 is 0 Å². The van der Waals surface area contributed by atoms with Crippen LogP contribution in [0, 0.1) is 11.3 Å². The first-order valence-electron chi connectivity index (χ1n) is 7.11. The Balaban J connectivity index is 1.81. The van der Waals surface area contributed by atoms with Crippen LogP contribution in [0.1, 0.15) is 11.4 Å². The number of nitriles is 1. The Labute approximate surface area is 132 Å². The van der Waals surface area contributed by atoms with Crippen LogP contribution in [0.3, 0.4) is 0 Å². The molecule has 5 nitrogen and oxygen atoms in total. The van der Waals surface area contributed by atoms with Crippen LogP contribution >= 0.6 is 0 Å². The van der Waals surface area contributed by atoms with Crippen LogP contribution in [0.5, 0.6) is 0 Å². The van der Waals surface area contributed by atoms with Gasteiger partial charge in [-0.1, -0.05) is 18.2 Å². The number of aromatic nitrogens is 4. The molecule has 0 fully saturated rings. The number of para-hydroxylation sites is 1. The van der Waals surface area contributed by atoms with E-state index in [1.165, 1.54) is 0 Å². The summed E-state index contributed by atoms with van der Waals surface area (Å²) in [6.45, 7) is 0. The van der Waals surface area contributed by atoms with E-state index in [4.69, 9.17) is 0 Å². The maximum atomic E-state index is 9.46. The van der Waals surface area contributed by atoms with Crippen molar-refractivity contribution in [3.63, 3.8) is 0 Å². The topological polar surface area (TPSA) is 78.2 Å². The van der Waals surface area contributed by atoms with Gasteiger partial charge in [0, 0.05) is 17.8 Å². The number of hydrogen-bond acceptors (Lipinski definition) is 4. The van der Waals surface area contributed by atoms with Gasteiger partial charge in [-0.15, -0.1) is 0 Å². The highest BCUT2D eigenvalue weighted by Gasteiger charge is 2.08. The van der Waals surface area contributed by atoms with Crippen LogP contribution in [-0.4, -0.2) is 19.9 Å². The summed E-state index contributed by atoms with van der Waals surface area (Å²) in [7, 11) is 0. The minimum Gasteiger partial charge on any atom is -0.336 e. The molecule has 108 valence electrons. The van der Waals surface area contributed by atoms with E-state index in [9.17, 15) is 5.26 Å². The predicted molar refractivity (Wildman–Crippen MR) is 89.1 cm³/mol. The van der Waals surface area contributed by atoms with E-state index in [1.54, 1.807) is 18.5 Å². The smallest absolute Gasteiger partial charge is 0.178 e. The van der Waals surface area contributed by atoms with E-state index in [2.05, 4.69) is 26.0 Å². The van der Waals surface area contributed by atoms with Gasteiger partial charge in [-0.2, -0.15) is 5.26 Å². The SMILES string of the molecule is N#C/C(=C\c1cnc2ccccc2c1)c1nc2ncccc2[nH]1. The molecule has 0 bridgehead atoms. The summed E-state index contributed by atoms with van der Waals surface area (Å²) in [4.78, 5) is 16.1. The molecule has 0 saturated heterocycles. The number of imidazole rings is 1. The number of fused-ring (bicyclic) bond motifs is 2. The summed E-state index contributed by atoms with van der Waals surface area (Å²) < 4.78 is 0. The minimum atomic E-state index is 0.445. The van der Waals surface area contributed by atoms with Gasteiger partial charge in [0.2, 0.25) is 0 Å². The van der Waals surface area contributed by atoms with Crippen LogP contribution in [0.15, 0.2) is 54.9 Å². The molecule has 5 heteroatoms. The van der Waals surface area contributed by atoms with Crippen LogP contribution in [0.25, 0.3) is 33.7 Å². The van der Waals surface area contributed by atoms with Crippen molar-refractivity contribution in [3.05, 3.63) is 66.2 Å². The summed E-state index contributed by atoms with van der Waals surface area (Å²) in [5.41, 5.74) is 3.63. The zero-order chi connectivity index (χ0) is 15.6. The number of pyridine rings is 2. The number of nitrogens with zero attached hydrogens (tertiary/aromatic N) is 4. The largest absolute Gasteiger partial charge is 0.336 e. The molecule has 3 aromatic heterocycles. The van der Waals surface area contributed by atoms with Crippen molar-refractivity contribution in [2.24, 2.45) is 0 Å². The second-order valence-corrected chi connectivity index (χ2v) is 5.09. The first kappa shape index (κ1) is 13.2. The average molecular weight is 297 g/mol. The molecule has 0 aliphatic rings. The number of hydrogen-bond donors (Lipinski definition) is 1. The van der Waals surface area contributed by atoms with Crippen molar-refractivity contribution in [2.75, 3.05) is 0 Å². The highest BCUT2D eigenvalue weighted by molar-refractivity contribution is 5.91. The second-order valence-electron chi connectivity index (χ2n) is 5.09. The van der Waals surface area contributed by atoms with E-state index in [-0.39, 0.29) is 0 Å². The molecule has 0 saturated carbocycles. The molecule has 0 spiro atoms. The number of allylic oxidation sites excluding steroid dienone is 1. The van der Waals surface area contributed by atoms with E-state index < -0.39 is 0 Å². The van der Waals surface area contributed by atoms with E-state index in [1.807, 2.05) is 42.5 Å². The Morgan fingerprint density at radius 2 is 2.04 bits per heavy atom. The van der Waals surface area contributed by atoms with Gasteiger partial charge in [0.25, 0.3) is 0 Å². The Bertz CT molecular complexity index is 1050. The summed E-state index contributed by atoms with van der Waals surface area (Å²) in [6.07, 6.45) is 5.20. The van der Waals surface area contributed by atoms with Crippen molar-refractivity contribution < 1.29 is 0 Å². The highest BCUT2D eigenvalue weighted by Crippen LogP contribution is 2.20. The van der Waals surface area contributed by atoms with Crippen molar-refractivity contribution in [2.45, 2.75) is 0 Å². The fourth-order valence-corrected chi connectivity index (χ4v) is 2.46. The number of nitrogens with one attached hydrogen (secondary N) is 1. The Morgan fingerprint density at radius 3 is 2.91 bits per heavy atom. The molecule has 23 heavy (non-hydrogen) atoms. The van der Waals surface area contributed by atoms with Crippen LogP contribution in [0.2, 0.25) is 0 Å². The van der Waals surface area contributed by atoms with Gasteiger partial charge in [-0.3, -0.25) is 4.98 Å². The molecule has 0 atom stereocenters. The Kier molecular flexibility index (Phi) is 3.06. The number of H-pyrrole nitrogens is 1. The molecule has 4 rings (SSSR count). The Morgan fingerprint density at radius 1 is 1.13 bits per heavy atom. The zero-order valence-corrected chi connectivity index (χ0v) is 12.1. The highest BCUT2D eigenvalue weighted by atomic mass is 15.0. The standard InChI is InChI=1S/C18H11N5/c19-10-14(17-22-16-6-3-7-20-18(16)23-17)9-12-8-13-4-1-2-5-15(13)21-11-12/h1-9,11H,(H,20,22,23)/b14-9+. The third kappa shape index (κ3) is 2.43. The molecule has 1 N–H and O–H groups in total. The van der Waals surface area contributed by atoms with Gasteiger partial charge in [0.05, 0.1) is 16.6 Å². The maximum Gasteiger partial charge on any atom is 0.178 e. The fraction of sp³-hybridized carbons (Fsp3) is 0. The normalized spacial score (nSPS) is 11.7. The predicted octanol–water partition coefficient (Wildman–Crippen LogP) is 3.57. The quantitative estimate of drug-likeness (QED) is 0.574. The summed E-state index contributed by atoms with van der Waals surface area (Å²) >= 11 is 0.